The van der Waals surface area contributed by atoms with Gasteiger partial charge in [0, 0.05) is 13.7 Å². The number of hydrogen-bond acceptors (Lipinski definition) is 2. The molecular weight excluding hydrogens is 284 g/mol. The fourth-order valence-corrected chi connectivity index (χ4v) is 7.99. The highest BCUT2D eigenvalue weighted by molar-refractivity contribution is 5.10. The molecule has 0 heterocycles. The highest BCUT2D eigenvalue weighted by Gasteiger charge is 2.61. The second-order valence-electron chi connectivity index (χ2n) is 9.75. The van der Waals surface area contributed by atoms with Crippen LogP contribution in [0.4, 0.5) is 0 Å². The van der Waals surface area contributed by atoms with Crippen molar-refractivity contribution in [3.8, 4) is 0 Å². The van der Waals surface area contributed by atoms with Gasteiger partial charge >= 0.3 is 0 Å². The Labute approximate surface area is 142 Å². The van der Waals surface area contributed by atoms with Crippen LogP contribution in [0.15, 0.2) is 0 Å². The average molecular weight is 321 g/mol. The Morgan fingerprint density at radius 3 is 2.43 bits per heavy atom. The van der Waals surface area contributed by atoms with E-state index in [-0.39, 0.29) is 0 Å². The maximum absolute atomic E-state index is 9.88. The predicted molar refractivity (Wildman–Crippen MR) is 93.1 cm³/mol. The molecule has 4 fully saturated rings. The van der Waals surface area contributed by atoms with Gasteiger partial charge in [-0.05, 0) is 85.4 Å². The lowest BCUT2D eigenvalue weighted by Gasteiger charge is -2.62. The Kier molecular flexibility index (Phi) is 4.08. The summed E-state index contributed by atoms with van der Waals surface area (Å²) in [6, 6.07) is 0. The Morgan fingerprint density at radius 2 is 1.70 bits per heavy atom. The standard InChI is InChI=1S/C21H36O2/c1-20-11-9-17-15(16(20)8-7-14(20)13-22)12-19(23-3)18-6-4-5-10-21(17,18)2/h14-19,22H,4-13H2,1-3H3/t14-,15+,16+,17+,18-,19?,20-,21-/m1/s1. The van der Waals surface area contributed by atoms with Crippen LogP contribution in [0.1, 0.15) is 71.6 Å². The Morgan fingerprint density at radius 1 is 0.913 bits per heavy atom. The van der Waals surface area contributed by atoms with Crippen LogP contribution < -0.4 is 0 Å². The Bertz CT molecular complexity index is 449. The number of rotatable bonds is 2. The molecule has 4 saturated carbocycles. The molecule has 2 nitrogen and oxygen atoms in total. The number of ether oxygens (including phenoxy) is 1. The van der Waals surface area contributed by atoms with Crippen molar-refractivity contribution in [1.29, 1.82) is 0 Å². The zero-order valence-electron chi connectivity index (χ0n) is 15.4. The summed E-state index contributed by atoms with van der Waals surface area (Å²) in [7, 11) is 1.95. The van der Waals surface area contributed by atoms with Crippen LogP contribution in [-0.4, -0.2) is 24.9 Å². The van der Waals surface area contributed by atoms with Gasteiger partial charge in [-0.1, -0.05) is 26.7 Å². The zero-order valence-corrected chi connectivity index (χ0v) is 15.4. The first-order valence-electron chi connectivity index (χ1n) is 10.2. The van der Waals surface area contributed by atoms with Gasteiger partial charge in [-0.15, -0.1) is 0 Å². The molecule has 4 aliphatic carbocycles. The molecule has 132 valence electrons. The number of fused-ring (bicyclic) bond motifs is 5. The van der Waals surface area contributed by atoms with E-state index in [1.165, 1.54) is 57.8 Å². The van der Waals surface area contributed by atoms with Crippen molar-refractivity contribution in [1.82, 2.24) is 0 Å². The van der Waals surface area contributed by atoms with Crippen LogP contribution in [0.2, 0.25) is 0 Å². The number of aliphatic hydroxyl groups is 1. The van der Waals surface area contributed by atoms with Crippen molar-refractivity contribution in [2.45, 2.75) is 77.7 Å². The van der Waals surface area contributed by atoms with E-state index >= 15 is 0 Å². The summed E-state index contributed by atoms with van der Waals surface area (Å²) < 4.78 is 6.06. The van der Waals surface area contributed by atoms with Crippen molar-refractivity contribution in [3.63, 3.8) is 0 Å². The maximum atomic E-state index is 9.88. The van der Waals surface area contributed by atoms with Crippen molar-refractivity contribution < 1.29 is 9.84 Å². The maximum Gasteiger partial charge on any atom is 0.0607 e. The first-order valence-corrected chi connectivity index (χ1v) is 10.2. The molecule has 4 aliphatic rings. The fraction of sp³-hybridized carbons (Fsp3) is 1.00. The largest absolute Gasteiger partial charge is 0.396 e. The minimum absolute atomic E-state index is 0.395. The summed E-state index contributed by atoms with van der Waals surface area (Å²) in [5.74, 6) is 3.92. The molecule has 0 aromatic rings. The van der Waals surface area contributed by atoms with E-state index in [9.17, 15) is 5.11 Å². The summed E-state index contributed by atoms with van der Waals surface area (Å²) in [6.07, 6.45) is 12.8. The van der Waals surface area contributed by atoms with Gasteiger partial charge < -0.3 is 9.84 Å². The summed E-state index contributed by atoms with van der Waals surface area (Å²) >= 11 is 0. The van der Waals surface area contributed by atoms with E-state index < -0.39 is 0 Å². The van der Waals surface area contributed by atoms with Crippen LogP contribution in [0.25, 0.3) is 0 Å². The smallest absolute Gasteiger partial charge is 0.0607 e. The summed E-state index contributed by atoms with van der Waals surface area (Å²) in [5.41, 5.74) is 0.909. The summed E-state index contributed by atoms with van der Waals surface area (Å²) in [6.45, 7) is 5.51. The molecular formula is C21H36O2. The molecule has 0 saturated heterocycles. The van der Waals surface area contributed by atoms with Gasteiger partial charge in [-0.25, -0.2) is 0 Å². The van der Waals surface area contributed by atoms with E-state index in [2.05, 4.69) is 13.8 Å². The molecule has 0 spiro atoms. The van der Waals surface area contributed by atoms with Crippen LogP contribution >= 0.6 is 0 Å². The van der Waals surface area contributed by atoms with Gasteiger partial charge in [0.25, 0.3) is 0 Å². The molecule has 1 unspecified atom stereocenters. The van der Waals surface area contributed by atoms with Gasteiger partial charge in [-0.2, -0.15) is 0 Å². The minimum atomic E-state index is 0.395. The van der Waals surface area contributed by atoms with Gasteiger partial charge in [0.1, 0.15) is 0 Å². The monoisotopic (exact) mass is 320 g/mol. The van der Waals surface area contributed by atoms with Gasteiger partial charge in [0.05, 0.1) is 6.10 Å². The van der Waals surface area contributed by atoms with Crippen LogP contribution in [0.5, 0.6) is 0 Å². The van der Waals surface area contributed by atoms with Crippen LogP contribution in [0, 0.1) is 40.4 Å². The van der Waals surface area contributed by atoms with Crippen LogP contribution in [0.3, 0.4) is 0 Å². The molecule has 8 atom stereocenters. The van der Waals surface area contributed by atoms with E-state index in [1.807, 2.05) is 7.11 Å². The lowest BCUT2D eigenvalue weighted by molar-refractivity contribution is -0.166. The molecule has 0 radical (unpaired) electrons. The van der Waals surface area contributed by atoms with Gasteiger partial charge in [-0.3, -0.25) is 0 Å². The van der Waals surface area contributed by atoms with Crippen molar-refractivity contribution in [2.75, 3.05) is 13.7 Å². The van der Waals surface area contributed by atoms with E-state index in [0.717, 1.165) is 23.7 Å². The molecule has 2 heteroatoms. The van der Waals surface area contributed by atoms with Crippen molar-refractivity contribution in [3.05, 3.63) is 0 Å². The van der Waals surface area contributed by atoms with Gasteiger partial charge in [0.2, 0.25) is 0 Å². The third-order valence-electron chi connectivity index (χ3n) is 9.28. The Hall–Kier alpha value is -0.0800. The Balaban J connectivity index is 1.67. The number of methoxy groups -OCH3 is 1. The first kappa shape index (κ1) is 16.4. The van der Waals surface area contributed by atoms with Gasteiger partial charge in [0.15, 0.2) is 0 Å². The SMILES string of the molecule is COC1C[C@@H]2[C@H](CC[C@]3(C)[C@@H](CO)CC[C@@H]23)[C@@]2(C)CCCC[C@H]12. The molecule has 0 aromatic carbocycles. The normalized spacial score (nSPS) is 55.8. The average Bonchev–Trinajstić information content (AvgIpc) is 2.90. The first-order chi connectivity index (χ1) is 11.0. The van der Waals surface area contributed by atoms with Crippen molar-refractivity contribution in [2.24, 2.45) is 40.4 Å². The second kappa shape index (κ2) is 5.73. The third-order valence-corrected chi connectivity index (χ3v) is 9.28. The third kappa shape index (κ3) is 2.20. The van der Waals surface area contributed by atoms with E-state index in [1.54, 1.807) is 0 Å². The quantitative estimate of drug-likeness (QED) is 0.802. The molecule has 0 aliphatic heterocycles. The zero-order chi connectivity index (χ0) is 16.2. The van der Waals surface area contributed by atoms with E-state index in [0.29, 0.717) is 29.5 Å². The molecule has 23 heavy (non-hydrogen) atoms. The highest BCUT2D eigenvalue weighted by atomic mass is 16.5. The fourth-order valence-electron chi connectivity index (χ4n) is 7.99. The predicted octanol–water partition coefficient (Wildman–Crippen LogP) is 4.65. The molecule has 0 amide bonds. The second-order valence-corrected chi connectivity index (χ2v) is 9.75. The topological polar surface area (TPSA) is 29.5 Å². The molecule has 1 N–H and O–H groups in total. The minimum Gasteiger partial charge on any atom is -0.396 e. The number of aliphatic hydroxyl groups excluding tert-OH is 1. The molecule has 0 bridgehead atoms. The summed E-state index contributed by atoms with van der Waals surface area (Å²) in [5, 5.41) is 9.88. The molecule has 0 aromatic heterocycles. The van der Waals surface area contributed by atoms with E-state index in [4.69, 9.17) is 4.74 Å². The lowest BCUT2D eigenvalue weighted by atomic mass is 9.44. The lowest BCUT2D eigenvalue weighted by Crippen LogP contribution is -2.57. The summed E-state index contributed by atoms with van der Waals surface area (Å²) in [4.78, 5) is 0. The number of hydrogen-bond donors (Lipinski definition) is 1. The van der Waals surface area contributed by atoms with Crippen molar-refractivity contribution >= 4 is 0 Å². The van der Waals surface area contributed by atoms with Crippen LogP contribution in [-0.2, 0) is 4.74 Å². The highest BCUT2D eigenvalue weighted by Crippen LogP contribution is 2.67. The molecule has 4 rings (SSSR count).